The minimum absolute atomic E-state index is 0.245. The van der Waals surface area contributed by atoms with Crippen LogP contribution in [0.3, 0.4) is 0 Å². The first kappa shape index (κ1) is 15.6. The van der Waals surface area contributed by atoms with Crippen LogP contribution in [-0.4, -0.2) is 22.4 Å². The summed E-state index contributed by atoms with van der Waals surface area (Å²) in [5.74, 6) is 0.180. The molecule has 0 aliphatic rings. The van der Waals surface area contributed by atoms with Crippen molar-refractivity contribution in [1.82, 2.24) is 9.78 Å². The van der Waals surface area contributed by atoms with Gasteiger partial charge >= 0.3 is 5.97 Å². The third-order valence-corrected chi connectivity index (χ3v) is 3.57. The van der Waals surface area contributed by atoms with Gasteiger partial charge in [0.25, 0.3) is 0 Å². The standard InChI is InChI=1S/C15H17BrN2O3/c1-3-9-20-15(19)11-5-4-6-13(16)12(11)10-21-14-7-8-18(2)17-14/h4-8H,3,9-10H2,1-2H3. The van der Waals surface area contributed by atoms with E-state index in [1.807, 2.05) is 20.0 Å². The molecule has 0 spiro atoms. The number of halogens is 1. The maximum Gasteiger partial charge on any atom is 0.338 e. The van der Waals surface area contributed by atoms with Gasteiger partial charge in [-0.2, -0.15) is 0 Å². The van der Waals surface area contributed by atoms with Gasteiger partial charge in [0.2, 0.25) is 5.88 Å². The van der Waals surface area contributed by atoms with Crippen LogP contribution in [0.15, 0.2) is 34.9 Å². The summed E-state index contributed by atoms with van der Waals surface area (Å²) in [5, 5.41) is 4.14. The Bertz CT molecular complexity index is 625. The monoisotopic (exact) mass is 352 g/mol. The molecule has 0 bridgehead atoms. The molecule has 0 saturated heterocycles. The molecule has 0 unspecified atom stereocenters. The quantitative estimate of drug-likeness (QED) is 0.748. The van der Waals surface area contributed by atoms with Gasteiger partial charge in [0.05, 0.1) is 12.2 Å². The molecule has 0 fully saturated rings. The summed E-state index contributed by atoms with van der Waals surface area (Å²) in [6.45, 7) is 2.61. The Balaban J connectivity index is 2.15. The van der Waals surface area contributed by atoms with Crippen LogP contribution in [0, 0.1) is 0 Å². The molecule has 1 heterocycles. The highest BCUT2D eigenvalue weighted by atomic mass is 79.9. The molecular weight excluding hydrogens is 336 g/mol. The maximum absolute atomic E-state index is 12.1. The van der Waals surface area contributed by atoms with Gasteiger partial charge < -0.3 is 9.47 Å². The smallest absolute Gasteiger partial charge is 0.338 e. The van der Waals surface area contributed by atoms with Crippen LogP contribution in [0.5, 0.6) is 5.88 Å². The second-order valence-electron chi connectivity index (χ2n) is 4.52. The number of hydrogen-bond donors (Lipinski definition) is 0. The van der Waals surface area contributed by atoms with Crippen LogP contribution in [0.25, 0.3) is 0 Å². The van der Waals surface area contributed by atoms with Crippen LogP contribution < -0.4 is 4.74 Å². The average Bonchev–Trinajstić information content (AvgIpc) is 2.89. The first-order valence-electron chi connectivity index (χ1n) is 6.68. The number of ether oxygens (including phenoxy) is 2. The summed E-state index contributed by atoms with van der Waals surface area (Å²) in [7, 11) is 1.82. The SMILES string of the molecule is CCCOC(=O)c1cccc(Br)c1COc1ccn(C)n1. The maximum atomic E-state index is 12.1. The number of hydrogen-bond acceptors (Lipinski definition) is 4. The van der Waals surface area contributed by atoms with E-state index >= 15 is 0 Å². The molecule has 112 valence electrons. The van der Waals surface area contributed by atoms with Gasteiger partial charge in [-0.15, -0.1) is 5.10 Å². The first-order chi connectivity index (χ1) is 10.1. The Morgan fingerprint density at radius 3 is 2.86 bits per heavy atom. The summed E-state index contributed by atoms with van der Waals surface area (Å²) in [6.07, 6.45) is 2.59. The van der Waals surface area contributed by atoms with Crippen molar-refractivity contribution in [2.75, 3.05) is 6.61 Å². The van der Waals surface area contributed by atoms with E-state index in [1.165, 1.54) is 0 Å². The van der Waals surface area contributed by atoms with Crippen molar-refractivity contribution in [3.05, 3.63) is 46.1 Å². The van der Waals surface area contributed by atoms with Crippen LogP contribution in [0.1, 0.15) is 29.3 Å². The Morgan fingerprint density at radius 1 is 1.38 bits per heavy atom. The van der Waals surface area contributed by atoms with Gasteiger partial charge in [0.1, 0.15) is 6.61 Å². The molecule has 0 aliphatic heterocycles. The fourth-order valence-corrected chi connectivity index (χ4v) is 2.27. The van der Waals surface area contributed by atoms with Gasteiger partial charge in [-0.1, -0.05) is 28.9 Å². The number of rotatable bonds is 6. The number of carbonyl (C=O) groups is 1. The molecule has 0 atom stereocenters. The highest BCUT2D eigenvalue weighted by molar-refractivity contribution is 9.10. The molecule has 2 rings (SSSR count). The summed E-state index contributed by atoms with van der Waals surface area (Å²) < 4.78 is 13.3. The molecule has 21 heavy (non-hydrogen) atoms. The van der Waals surface area contributed by atoms with Crippen molar-refractivity contribution in [2.24, 2.45) is 7.05 Å². The van der Waals surface area contributed by atoms with E-state index in [4.69, 9.17) is 9.47 Å². The molecule has 0 saturated carbocycles. The summed E-state index contributed by atoms with van der Waals surface area (Å²) in [6, 6.07) is 7.18. The van der Waals surface area contributed by atoms with Gasteiger partial charge in [-0.25, -0.2) is 4.79 Å². The zero-order valence-corrected chi connectivity index (χ0v) is 13.6. The Hall–Kier alpha value is -1.82. The molecule has 1 aromatic carbocycles. The second-order valence-corrected chi connectivity index (χ2v) is 5.37. The molecule has 0 aliphatic carbocycles. The largest absolute Gasteiger partial charge is 0.472 e. The van der Waals surface area contributed by atoms with E-state index in [1.54, 1.807) is 29.1 Å². The van der Waals surface area contributed by atoms with Gasteiger partial charge in [-0.3, -0.25) is 4.68 Å². The molecular formula is C15H17BrN2O3. The minimum Gasteiger partial charge on any atom is -0.472 e. The number of benzene rings is 1. The molecule has 0 amide bonds. The Kier molecular flexibility index (Phi) is 5.38. The predicted molar refractivity (Wildman–Crippen MR) is 82.3 cm³/mol. The zero-order chi connectivity index (χ0) is 15.2. The molecule has 0 radical (unpaired) electrons. The lowest BCUT2D eigenvalue weighted by atomic mass is 10.1. The number of esters is 1. The Morgan fingerprint density at radius 2 is 2.19 bits per heavy atom. The fourth-order valence-electron chi connectivity index (χ4n) is 1.79. The average molecular weight is 353 g/mol. The predicted octanol–water partition coefficient (Wildman–Crippen LogP) is 3.33. The van der Waals surface area contributed by atoms with Gasteiger partial charge in [0, 0.05) is 29.3 Å². The van der Waals surface area contributed by atoms with E-state index in [9.17, 15) is 4.79 Å². The lowest BCUT2D eigenvalue weighted by molar-refractivity contribution is 0.0502. The third-order valence-electron chi connectivity index (χ3n) is 2.83. The second kappa shape index (κ2) is 7.26. The van der Waals surface area contributed by atoms with Crippen LogP contribution in [0.2, 0.25) is 0 Å². The topological polar surface area (TPSA) is 53.4 Å². The van der Waals surface area contributed by atoms with Gasteiger partial charge in [0.15, 0.2) is 0 Å². The number of aryl methyl sites for hydroxylation is 1. The first-order valence-corrected chi connectivity index (χ1v) is 7.48. The summed E-state index contributed by atoms with van der Waals surface area (Å²) in [4.78, 5) is 12.1. The number of nitrogens with zero attached hydrogens (tertiary/aromatic N) is 2. The molecule has 1 aromatic heterocycles. The molecule has 2 aromatic rings. The van der Waals surface area contributed by atoms with Crippen molar-refractivity contribution in [2.45, 2.75) is 20.0 Å². The summed E-state index contributed by atoms with van der Waals surface area (Å²) >= 11 is 3.45. The number of carbonyl (C=O) groups excluding carboxylic acids is 1. The fraction of sp³-hybridized carbons (Fsp3) is 0.333. The summed E-state index contributed by atoms with van der Waals surface area (Å²) in [5.41, 5.74) is 1.26. The lowest BCUT2D eigenvalue weighted by Crippen LogP contribution is -2.11. The normalized spacial score (nSPS) is 10.4. The van der Waals surface area contributed by atoms with Crippen molar-refractivity contribution in [3.8, 4) is 5.88 Å². The molecule has 0 N–H and O–H groups in total. The number of aromatic nitrogens is 2. The van der Waals surface area contributed by atoms with Gasteiger partial charge in [-0.05, 0) is 18.6 Å². The minimum atomic E-state index is -0.335. The van der Waals surface area contributed by atoms with Crippen LogP contribution >= 0.6 is 15.9 Å². The molecule has 5 nitrogen and oxygen atoms in total. The van der Waals surface area contributed by atoms with E-state index in [0.717, 1.165) is 16.5 Å². The van der Waals surface area contributed by atoms with Crippen molar-refractivity contribution >= 4 is 21.9 Å². The Labute approximate surface area is 132 Å². The highest BCUT2D eigenvalue weighted by Gasteiger charge is 2.16. The van der Waals surface area contributed by atoms with E-state index in [2.05, 4.69) is 21.0 Å². The van der Waals surface area contributed by atoms with Crippen LogP contribution in [-0.2, 0) is 18.4 Å². The zero-order valence-electron chi connectivity index (χ0n) is 12.0. The van der Waals surface area contributed by atoms with E-state index in [-0.39, 0.29) is 12.6 Å². The van der Waals surface area contributed by atoms with Crippen molar-refractivity contribution in [1.29, 1.82) is 0 Å². The lowest BCUT2D eigenvalue weighted by Gasteiger charge is -2.11. The highest BCUT2D eigenvalue weighted by Crippen LogP contribution is 2.23. The third kappa shape index (κ3) is 4.07. The van der Waals surface area contributed by atoms with Crippen molar-refractivity contribution < 1.29 is 14.3 Å². The van der Waals surface area contributed by atoms with Crippen molar-refractivity contribution in [3.63, 3.8) is 0 Å². The van der Waals surface area contributed by atoms with E-state index in [0.29, 0.717) is 18.1 Å². The van der Waals surface area contributed by atoms with Crippen LogP contribution in [0.4, 0.5) is 0 Å². The van der Waals surface area contributed by atoms with E-state index < -0.39 is 0 Å². The molecule has 6 heteroatoms.